The second-order valence-corrected chi connectivity index (χ2v) is 7.16. The summed E-state index contributed by atoms with van der Waals surface area (Å²) in [6.45, 7) is 4.27. The van der Waals surface area contributed by atoms with Crippen LogP contribution in [0.25, 0.3) is 0 Å². The Labute approximate surface area is 120 Å². The molecule has 0 spiro atoms. The SMILES string of the molecule is CC1(C)CC(=O)c2cnn(C3CCCCCC3O)c2C1. The summed E-state index contributed by atoms with van der Waals surface area (Å²) >= 11 is 0. The van der Waals surface area contributed by atoms with E-state index < -0.39 is 0 Å². The molecule has 3 rings (SSSR count). The Hall–Kier alpha value is -1.16. The Kier molecular flexibility index (Phi) is 3.44. The highest BCUT2D eigenvalue weighted by atomic mass is 16.3. The summed E-state index contributed by atoms with van der Waals surface area (Å²) in [4.78, 5) is 12.2. The predicted molar refractivity (Wildman–Crippen MR) is 76.8 cm³/mol. The molecule has 2 aliphatic rings. The lowest BCUT2D eigenvalue weighted by Gasteiger charge is -2.31. The third-order valence-electron chi connectivity index (χ3n) is 4.74. The van der Waals surface area contributed by atoms with Crippen LogP contribution in [0.2, 0.25) is 0 Å². The monoisotopic (exact) mass is 276 g/mol. The molecule has 1 heterocycles. The number of fused-ring (bicyclic) bond motifs is 1. The number of aromatic nitrogens is 2. The summed E-state index contributed by atoms with van der Waals surface area (Å²) in [5.74, 6) is 0.200. The highest BCUT2D eigenvalue weighted by Crippen LogP contribution is 2.37. The molecule has 20 heavy (non-hydrogen) atoms. The van der Waals surface area contributed by atoms with Crippen molar-refractivity contribution in [2.45, 2.75) is 70.9 Å². The van der Waals surface area contributed by atoms with Crippen LogP contribution >= 0.6 is 0 Å². The van der Waals surface area contributed by atoms with E-state index in [2.05, 4.69) is 18.9 Å². The van der Waals surface area contributed by atoms with Gasteiger partial charge in [0.2, 0.25) is 0 Å². The number of rotatable bonds is 1. The van der Waals surface area contributed by atoms with Gasteiger partial charge in [0.15, 0.2) is 5.78 Å². The summed E-state index contributed by atoms with van der Waals surface area (Å²) in [5.41, 5.74) is 1.82. The number of hydrogen-bond acceptors (Lipinski definition) is 3. The number of carbonyl (C=O) groups is 1. The lowest BCUT2D eigenvalue weighted by molar-refractivity contribution is 0.0872. The minimum atomic E-state index is -0.332. The second kappa shape index (κ2) is 4.99. The molecular weight excluding hydrogens is 252 g/mol. The van der Waals surface area contributed by atoms with E-state index in [0.29, 0.717) is 6.42 Å². The molecule has 0 aliphatic heterocycles. The normalized spacial score (nSPS) is 29.9. The molecule has 110 valence electrons. The van der Waals surface area contributed by atoms with E-state index in [4.69, 9.17) is 0 Å². The number of carbonyl (C=O) groups excluding carboxylic acids is 1. The van der Waals surface area contributed by atoms with Crippen molar-refractivity contribution in [3.63, 3.8) is 0 Å². The first kappa shape index (κ1) is 13.8. The Bertz CT molecular complexity index is 519. The Morgan fingerprint density at radius 1 is 1.25 bits per heavy atom. The quantitative estimate of drug-likeness (QED) is 0.802. The summed E-state index contributed by atoms with van der Waals surface area (Å²) in [7, 11) is 0. The summed E-state index contributed by atoms with van der Waals surface area (Å²) in [6, 6.07) is 0.0444. The molecule has 2 unspecified atom stereocenters. The predicted octanol–water partition coefficient (Wildman–Crippen LogP) is 2.90. The molecule has 4 nitrogen and oxygen atoms in total. The molecule has 2 aliphatic carbocycles. The highest BCUT2D eigenvalue weighted by Gasteiger charge is 2.36. The smallest absolute Gasteiger partial charge is 0.166 e. The molecule has 1 aromatic heterocycles. The van der Waals surface area contributed by atoms with Crippen molar-refractivity contribution >= 4 is 5.78 Å². The Morgan fingerprint density at radius 3 is 2.80 bits per heavy atom. The molecule has 1 saturated carbocycles. The lowest BCUT2D eigenvalue weighted by Crippen LogP contribution is -2.31. The van der Waals surface area contributed by atoms with Crippen LogP contribution in [0.5, 0.6) is 0 Å². The van der Waals surface area contributed by atoms with Crippen molar-refractivity contribution in [2.24, 2.45) is 5.41 Å². The van der Waals surface area contributed by atoms with Crippen molar-refractivity contribution in [2.75, 3.05) is 0 Å². The van der Waals surface area contributed by atoms with Gasteiger partial charge in [-0.3, -0.25) is 9.48 Å². The van der Waals surface area contributed by atoms with Crippen LogP contribution in [0, 0.1) is 5.41 Å². The van der Waals surface area contributed by atoms with Crippen molar-refractivity contribution in [3.05, 3.63) is 17.5 Å². The maximum absolute atomic E-state index is 12.2. The maximum atomic E-state index is 12.2. The first-order chi connectivity index (χ1) is 9.48. The first-order valence-electron chi connectivity index (χ1n) is 7.76. The lowest BCUT2D eigenvalue weighted by atomic mass is 9.76. The van der Waals surface area contributed by atoms with Gasteiger partial charge in [0.05, 0.1) is 29.6 Å². The van der Waals surface area contributed by atoms with Gasteiger partial charge in [-0.2, -0.15) is 5.10 Å². The van der Waals surface area contributed by atoms with Crippen LogP contribution in [0.1, 0.15) is 74.5 Å². The molecule has 1 aromatic rings. The third kappa shape index (κ3) is 2.41. The Morgan fingerprint density at radius 2 is 2.00 bits per heavy atom. The molecule has 0 radical (unpaired) electrons. The minimum absolute atomic E-state index is 0.00243. The van der Waals surface area contributed by atoms with Crippen LogP contribution in [0.4, 0.5) is 0 Å². The molecule has 0 amide bonds. The van der Waals surface area contributed by atoms with Gasteiger partial charge in [-0.15, -0.1) is 0 Å². The molecule has 1 N–H and O–H groups in total. The van der Waals surface area contributed by atoms with Crippen LogP contribution in [-0.2, 0) is 6.42 Å². The zero-order valence-electron chi connectivity index (χ0n) is 12.4. The van der Waals surface area contributed by atoms with E-state index in [1.165, 1.54) is 6.42 Å². The van der Waals surface area contributed by atoms with Gasteiger partial charge < -0.3 is 5.11 Å². The van der Waals surface area contributed by atoms with Crippen molar-refractivity contribution < 1.29 is 9.90 Å². The fourth-order valence-electron chi connectivity index (χ4n) is 3.68. The minimum Gasteiger partial charge on any atom is -0.391 e. The van der Waals surface area contributed by atoms with Gasteiger partial charge in [0.25, 0.3) is 0 Å². The fraction of sp³-hybridized carbons (Fsp3) is 0.750. The van der Waals surface area contributed by atoms with E-state index in [1.54, 1.807) is 6.20 Å². The summed E-state index contributed by atoms with van der Waals surface area (Å²) in [6.07, 6.45) is 8.06. The average Bonchev–Trinajstić information content (AvgIpc) is 2.64. The fourth-order valence-corrected chi connectivity index (χ4v) is 3.68. The number of Topliss-reactive ketones (excluding diaryl/α,β-unsaturated/α-hetero) is 1. The van der Waals surface area contributed by atoms with E-state index in [-0.39, 0.29) is 23.3 Å². The van der Waals surface area contributed by atoms with Gasteiger partial charge in [0.1, 0.15) is 0 Å². The van der Waals surface area contributed by atoms with Gasteiger partial charge in [-0.25, -0.2) is 0 Å². The number of ketones is 1. The standard InChI is InChI=1S/C16H24N2O2/c1-16(2)8-13-11(15(20)9-16)10-17-18(13)12-6-4-3-5-7-14(12)19/h10,12,14,19H,3-9H2,1-2H3. The topological polar surface area (TPSA) is 55.1 Å². The van der Waals surface area contributed by atoms with Gasteiger partial charge in [-0.05, 0) is 24.7 Å². The molecule has 4 heteroatoms. The van der Waals surface area contributed by atoms with Crippen molar-refractivity contribution in [1.82, 2.24) is 9.78 Å². The molecule has 0 bridgehead atoms. The van der Waals surface area contributed by atoms with E-state index >= 15 is 0 Å². The summed E-state index contributed by atoms with van der Waals surface area (Å²) < 4.78 is 1.96. The van der Waals surface area contributed by atoms with E-state index in [0.717, 1.165) is 43.4 Å². The maximum Gasteiger partial charge on any atom is 0.166 e. The molecule has 1 fully saturated rings. The first-order valence-corrected chi connectivity index (χ1v) is 7.76. The largest absolute Gasteiger partial charge is 0.391 e. The molecule has 2 atom stereocenters. The molecule has 0 saturated heterocycles. The zero-order chi connectivity index (χ0) is 14.3. The van der Waals surface area contributed by atoms with Crippen LogP contribution in [-0.4, -0.2) is 26.8 Å². The van der Waals surface area contributed by atoms with Crippen molar-refractivity contribution in [1.29, 1.82) is 0 Å². The highest BCUT2D eigenvalue weighted by molar-refractivity contribution is 5.98. The summed E-state index contributed by atoms with van der Waals surface area (Å²) in [5, 5.41) is 14.8. The van der Waals surface area contributed by atoms with E-state index in [1.807, 2.05) is 4.68 Å². The second-order valence-electron chi connectivity index (χ2n) is 7.16. The van der Waals surface area contributed by atoms with E-state index in [9.17, 15) is 9.90 Å². The number of aliphatic hydroxyl groups excluding tert-OH is 1. The number of nitrogens with zero attached hydrogens (tertiary/aromatic N) is 2. The zero-order valence-corrected chi connectivity index (χ0v) is 12.4. The molecular formula is C16H24N2O2. The van der Waals surface area contributed by atoms with Gasteiger partial charge in [0, 0.05) is 6.42 Å². The van der Waals surface area contributed by atoms with Gasteiger partial charge in [-0.1, -0.05) is 33.1 Å². The molecule has 0 aromatic carbocycles. The van der Waals surface area contributed by atoms with Crippen molar-refractivity contribution in [3.8, 4) is 0 Å². The Balaban J connectivity index is 1.97. The number of hydrogen-bond donors (Lipinski definition) is 1. The van der Waals surface area contributed by atoms with Crippen LogP contribution in [0.15, 0.2) is 6.20 Å². The van der Waals surface area contributed by atoms with Gasteiger partial charge >= 0.3 is 0 Å². The average molecular weight is 276 g/mol. The third-order valence-corrected chi connectivity index (χ3v) is 4.74. The van der Waals surface area contributed by atoms with Crippen LogP contribution < -0.4 is 0 Å². The number of aliphatic hydroxyl groups is 1. The van der Waals surface area contributed by atoms with Crippen LogP contribution in [0.3, 0.4) is 0 Å².